The molecule has 0 aliphatic heterocycles. The normalized spacial score (nSPS) is 11.7. The lowest BCUT2D eigenvalue weighted by atomic mass is 10.0. The molecular weight excluding hydrogens is 390 g/mol. The molecular formula is C26H29NO4. The molecule has 5 nitrogen and oxygen atoms in total. The lowest BCUT2D eigenvalue weighted by Crippen LogP contribution is -2.34. The topological polar surface area (TPSA) is 48.0 Å². The molecule has 0 saturated carbocycles. The predicted octanol–water partition coefficient (Wildman–Crippen LogP) is 5.01. The van der Waals surface area contributed by atoms with E-state index in [-0.39, 0.29) is 5.97 Å². The highest BCUT2D eigenvalue weighted by molar-refractivity contribution is 5.77. The summed E-state index contributed by atoms with van der Waals surface area (Å²) in [5.41, 5.74) is 3.07. The molecule has 5 heteroatoms. The number of ether oxygens (including phenoxy) is 3. The van der Waals surface area contributed by atoms with Gasteiger partial charge in [-0.1, -0.05) is 54.6 Å². The van der Waals surface area contributed by atoms with Crippen LogP contribution in [0, 0.1) is 0 Å². The van der Waals surface area contributed by atoms with Gasteiger partial charge in [0, 0.05) is 13.1 Å². The quantitative estimate of drug-likeness (QED) is 0.432. The van der Waals surface area contributed by atoms with Crippen LogP contribution in [-0.2, 0) is 22.6 Å². The first-order valence-corrected chi connectivity index (χ1v) is 10.4. The molecule has 31 heavy (non-hydrogen) atoms. The van der Waals surface area contributed by atoms with E-state index in [4.69, 9.17) is 14.2 Å². The van der Waals surface area contributed by atoms with Crippen LogP contribution in [0.4, 0.5) is 0 Å². The number of nitrogens with zero attached hydrogens (tertiary/aromatic N) is 1. The molecule has 0 fully saturated rings. The molecule has 0 aromatic heterocycles. The highest BCUT2D eigenvalue weighted by Gasteiger charge is 2.29. The lowest BCUT2D eigenvalue weighted by Gasteiger charge is -2.31. The highest BCUT2D eigenvalue weighted by atomic mass is 16.5. The Kier molecular flexibility index (Phi) is 8.07. The third-order valence-electron chi connectivity index (χ3n) is 5.08. The zero-order chi connectivity index (χ0) is 22.1. The van der Waals surface area contributed by atoms with Gasteiger partial charge in [0.05, 0.1) is 20.8 Å². The zero-order valence-electron chi connectivity index (χ0n) is 18.3. The number of hydrogen-bond donors (Lipinski definition) is 0. The molecule has 0 aliphatic carbocycles. The standard InChI is InChI=1S/C26H29NO4/c1-4-31-26(28)25(22-8-6-5-7-9-22)27(18-20-10-14-23(29-2)15-11-20)19-21-12-16-24(30-3)17-13-21/h5-17,25H,4,18-19H2,1-3H3. The Balaban J connectivity index is 1.96. The van der Waals surface area contributed by atoms with E-state index in [1.165, 1.54) is 0 Å². The lowest BCUT2D eigenvalue weighted by molar-refractivity contribution is -0.150. The molecule has 0 saturated heterocycles. The number of carbonyl (C=O) groups is 1. The van der Waals surface area contributed by atoms with Gasteiger partial charge >= 0.3 is 5.97 Å². The summed E-state index contributed by atoms with van der Waals surface area (Å²) >= 11 is 0. The molecule has 3 aromatic carbocycles. The van der Waals surface area contributed by atoms with E-state index in [1.54, 1.807) is 14.2 Å². The van der Waals surface area contributed by atoms with Gasteiger partial charge in [0.25, 0.3) is 0 Å². The summed E-state index contributed by atoms with van der Waals surface area (Å²) in [6.07, 6.45) is 0. The SMILES string of the molecule is CCOC(=O)C(c1ccccc1)N(Cc1ccc(OC)cc1)Cc1ccc(OC)cc1. The number of rotatable bonds is 10. The molecule has 0 amide bonds. The summed E-state index contributed by atoms with van der Waals surface area (Å²) in [4.78, 5) is 15.2. The minimum Gasteiger partial charge on any atom is -0.497 e. The molecule has 1 unspecified atom stereocenters. The average Bonchev–Trinajstić information content (AvgIpc) is 2.81. The summed E-state index contributed by atoms with van der Waals surface area (Å²) in [6.45, 7) is 3.32. The van der Waals surface area contributed by atoms with E-state index >= 15 is 0 Å². The van der Waals surface area contributed by atoms with Crippen molar-refractivity contribution in [3.05, 3.63) is 95.6 Å². The van der Waals surface area contributed by atoms with Crippen LogP contribution in [-0.4, -0.2) is 31.7 Å². The molecule has 0 spiro atoms. The molecule has 1 atom stereocenters. The summed E-state index contributed by atoms with van der Waals surface area (Å²) < 4.78 is 16.0. The van der Waals surface area contributed by atoms with Crippen LogP contribution < -0.4 is 9.47 Å². The molecule has 0 aliphatic rings. The fourth-order valence-corrected chi connectivity index (χ4v) is 3.52. The van der Waals surface area contributed by atoms with Crippen molar-refractivity contribution < 1.29 is 19.0 Å². The smallest absolute Gasteiger partial charge is 0.328 e. The minimum absolute atomic E-state index is 0.254. The Morgan fingerprint density at radius 3 is 1.68 bits per heavy atom. The van der Waals surface area contributed by atoms with Gasteiger partial charge in [-0.25, -0.2) is 4.79 Å². The largest absolute Gasteiger partial charge is 0.497 e. The van der Waals surface area contributed by atoms with Crippen molar-refractivity contribution >= 4 is 5.97 Å². The monoisotopic (exact) mass is 419 g/mol. The Bertz CT molecular complexity index is 890. The van der Waals surface area contributed by atoms with Crippen molar-refractivity contribution in [3.8, 4) is 11.5 Å². The van der Waals surface area contributed by atoms with Crippen LogP contribution in [0.15, 0.2) is 78.9 Å². The van der Waals surface area contributed by atoms with Crippen LogP contribution in [0.1, 0.15) is 29.7 Å². The van der Waals surface area contributed by atoms with E-state index in [2.05, 4.69) is 4.90 Å². The predicted molar refractivity (Wildman–Crippen MR) is 121 cm³/mol. The maximum atomic E-state index is 13.1. The van der Waals surface area contributed by atoms with Crippen molar-refractivity contribution in [1.82, 2.24) is 4.90 Å². The molecule has 0 bridgehead atoms. The van der Waals surface area contributed by atoms with Gasteiger partial charge in [0.1, 0.15) is 17.5 Å². The van der Waals surface area contributed by atoms with E-state index in [9.17, 15) is 4.79 Å². The molecule has 162 valence electrons. The van der Waals surface area contributed by atoms with Gasteiger partial charge < -0.3 is 14.2 Å². The Morgan fingerprint density at radius 1 is 0.774 bits per heavy atom. The van der Waals surface area contributed by atoms with Gasteiger partial charge in [-0.2, -0.15) is 0 Å². The zero-order valence-corrected chi connectivity index (χ0v) is 18.3. The molecule has 3 aromatic rings. The Morgan fingerprint density at radius 2 is 1.26 bits per heavy atom. The van der Waals surface area contributed by atoms with Crippen LogP contribution in [0.5, 0.6) is 11.5 Å². The minimum atomic E-state index is -0.523. The maximum absolute atomic E-state index is 13.1. The second kappa shape index (κ2) is 11.2. The van der Waals surface area contributed by atoms with Crippen LogP contribution in [0.2, 0.25) is 0 Å². The van der Waals surface area contributed by atoms with Gasteiger partial charge in [0.15, 0.2) is 0 Å². The summed E-state index contributed by atoms with van der Waals surface area (Å²) in [6, 6.07) is 25.1. The first kappa shape index (κ1) is 22.4. The number of benzene rings is 3. The molecule has 0 radical (unpaired) electrons. The first-order chi connectivity index (χ1) is 15.1. The second-order valence-corrected chi connectivity index (χ2v) is 7.17. The molecule has 0 N–H and O–H groups in total. The van der Waals surface area contributed by atoms with Crippen LogP contribution in [0.25, 0.3) is 0 Å². The number of hydrogen-bond acceptors (Lipinski definition) is 5. The fourth-order valence-electron chi connectivity index (χ4n) is 3.52. The van der Waals surface area contributed by atoms with Crippen molar-refractivity contribution in [3.63, 3.8) is 0 Å². The van der Waals surface area contributed by atoms with Gasteiger partial charge in [-0.15, -0.1) is 0 Å². The van der Waals surface area contributed by atoms with Crippen LogP contribution in [0.3, 0.4) is 0 Å². The number of carbonyl (C=O) groups excluding carboxylic acids is 1. The fraction of sp³-hybridized carbons (Fsp3) is 0.269. The molecule has 3 rings (SSSR count). The van der Waals surface area contributed by atoms with E-state index in [0.29, 0.717) is 19.7 Å². The van der Waals surface area contributed by atoms with Crippen molar-refractivity contribution in [2.45, 2.75) is 26.1 Å². The van der Waals surface area contributed by atoms with Crippen molar-refractivity contribution in [1.29, 1.82) is 0 Å². The number of esters is 1. The van der Waals surface area contributed by atoms with E-state index in [0.717, 1.165) is 28.2 Å². The van der Waals surface area contributed by atoms with Crippen molar-refractivity contribution in [2.24, 2.45) is 0 Å². The Labute approximate surface area is 184 Å². The van der Waals surface area contributed by atoms with E-state index in [1.807, 2.05) is 85.8 Å². The second-order valence-electron chi connectivity index (χ2n) is 7.17. The van der Waals surface area contributed by atoms with Crippen molar-refractivity contribution in [2.75, 3.05) is 20.8 Å². The van der Waals surface area contributed by atoms with E-state index < -0.39 is 6.04 Å². The third-order valence-corrected chi connectivity index (χ3v) is 5.08. The van der Waals surface area contributed by atoms with Gasteiger partial charge in [-0.05, 0) is 47.9 Å². The molecule has 0 heterocycles. The third kappa shape index (κ3) is 6.09. The van der Waals surface area contributed by atoms with Gasteiger partial charge in [-0.3, -0.25) is 4.90 Å². The van der Waals surface area contributed by atoms with Gasteiger partial charge in [0.2, 0.25) is 0 Å². The average molecular weight is 420 g/mol. The summed E-state index contributed by atoms with van der Waals surface area (Å²) in [5, 5.41) is 0. The van der Waals surface area contributed by atoms with Crippen LogP contribution >= 0.6 is 0 Å². The first-order valence-electron chi connectivity index (χ1n) is 10.4. The number of methoxy groups -OCH3 is 2. The maximum Gasteiger partial charge on any atom is 0.328 e. The highest BCUT2D eigenvalue weighted by Crippen LogP contribution is 2.28. The summed E-state index contributed by atoms with van der Waals surface area (Å²) in [5.74, 6) is 1.35. The Hall–Kier alpha value is -3.31. The summed E-state index contributed by atoms with van der Waals surface area (Å²) in [7, 11) is 3.30.